The van der Waals surface area contributed by atoms with Gasteiger partial charge in [-0.15, -0.1) is 0 Å². The smallest absolute Gasteiger partial charge is 0.194 e. The predicted octanol–water partition coefficient (Wildman–Crippen LogP) is 0.948. The molecule has 0 spiro atoms. The monoisotopic (exact) mass is 165 g/mol. The van der Waals surface area contributed by atoms with E-state index in [9.17, 15) is 4.79 Å². The lowest BCUT2D eigenvalue weighted by molar-refractivity contribution is 0.111. The maximum absolute atomic E-state index is 10.4. The summed E-state index contributed by atoms with van der Waals surface area (Å²) in [7, 11) is 1.77. The molecule has 1 rings (SSSR count). The number of aromatic nitrogens is 2. The molecule has 0 aromatic carbocycles. The third-order valence-corrected chi connectivity index (χ3v) is 1.75. The first-order valence-corrected chi connectivity index (χ1v) is 3.67. The van der Waals surface area contributed by atoms with Crippen LogP contribution in [0.25, 0.3) is 0 Å². The van der Waals surface area contributed by atoms with Crippen molar-refractivity contribution in [3.8, 4) is 0 Å². The molecule has 0 saturated heterocycles. The summed E-state index contributed by atoms with van der Waals surface area (Å²) in [6.45, 7) is 3.76. The average Bonchev–Trinajstić information content (AvgIpc) is 2.09. The maximum atomic E-state index is 10.4. The quantitative estimate of drug-likeness (QED) is 0.663. The predicted molar refractivity (Wildman–Crippen MR) is 46.4 cm³/mol. The van der Waals surface area contributed by atoms with Crippen LogP contribution in [0.2, 0.25) is 0 Å². The van der Waals surface area contributed by atoms with Crippen molar-refractivity contribution in [3.63, 3.8) is 0 Å². The van der Waals surface area contributed by atoms with Crippen molar-refractivity contribution in [2.45, 2.75) is 13.8 Å². The second-order valence-corrected chi connectivity index (χ2v) is 2.51. The summed E-state index contributed by atoms with van der Waals surface area (Å²) in [6.07, 6.45) is 0.646. The number of nitrogens with one attached hydrogen (secondary N) is 1. The molecule has 1 aromatic rings. The molecule has 0 aliphatic rings. The van der Waals surface area contributed by atoms with Crippen LogP contribution in [0.4, 0.5) is 5.82 Å². The minimum atomic E-state index is 0.224. The van der Waals surface area contributed by atoms with Crippen molar-refractivity contribution in [1.82, 2.24) is 9.97 Å². The number of rotatable bonds is 2. The van der Waals surface area contributed by atoms with Gasteiger partial charge in [-0.25, -0.2) is 9.97 Å². The zero-order chi connectivity index (χ0) is 9.14. The molecule has 1 aromatic heterocycles. The highest BCUT2D eigenvalue weighted by Gasteiger charge is 2.04. The van der Waals surface area contributed by atoms with E-state index in [4.69, 9.17) is 0 Å². The molecule has 12 heavy (non-hydrogen) atoms. The molecule has 1 N–H and O–H groups in total. The van der Waals surface area contributed by atoms with Gasteiger partial charge in [-0.05, 0) is 13.8 Å². The van der Waals surface area contributed by atoms with Crippen molar-refractivity contribution in [2.24, 2.45) is 0 Å². The van der Waals surface area contributed by atoms with Gasteiger partial charge in [0.25, 0.3) is 0 Å². The van der Waals surface area contributed by atoms with Gasteiger partial charge in [-0.2, -0.15) is 0 Å². The van der Waals surface area contributed by atoms with Crippen molar-refractivity contribution in [2.75, 3.05) is 12.4 Å². The zero-order valence-electron chi connectivity index (χ0n) is 7.38. The molecule has 0 saturated carbocycles. The Bertz CT molecular complexity index is 309. The number of anilines is 1. The average molecular weight is 165 g/mol. The van der Waals surface area contributed by atoms with Crippen LogP contribution in [-0.2, 0) is 0 Å². The minimum absolute atomic E-state index is 0.224. The highest BCUT2D eigenvalue weighted by molar-refractivity contribution is 5.70. The van der Waals surface area contributed by atoms with Crippen LogP contribution < -0.4 is 5.32 Å². The summed E-state index contributed by atoms with van der Waals surface area (Å²) >= 11 is 0. The molecule has 64 valence electrons. The van der Waals surface area contributed by atoms with Crippen LogP contribution in [0, 0.1) is 13.8 Å². The minimum Gasteiger partial charge on any atom is -0.373 e. The van der Waals surface area contributed by atoms with Gasteiger partial charge in [0.15, 0.2) is 12.1 Å². The van der Waals surface area contributed by atoms with Crippen LogP contribution in [0.15, 0.2) is 0 Å². The molecular formula is C8H11N3O. The first-order chi connectivity index (χ1) is 5.69. The SMILES string of the molecule is CNc1nc(C=O)nc(C)c1C. The number of aryl methyl sites for hydroxylation is 1. The number of hydrogen-bond donors (Lipinski definition) is 1. The van der Waals surface area contributed by atoms with Crippen LogP contribution in [0.3, 0.4) is 0 Å². The molecule has 4 nitrogen and oxygen atoms in total. The summed E-state index contributed by atoms with van der Waals surface area (Å²) in [4.78, 5) is 18.3. The number of nitrogens with zero attached hydrogens (tertiary/aromatic N) is 2. The molecule has 0 aliphatic carbocycles. The Morgan fingerprint density at radius 3 is 2.50 bits per heavy atom. The molecule has 0 atom stereocenters. The second-order valence-electron chi connectivity index (χ2n) is 2.51. The summed E-state index contributed by atoms with van der Waals surface area (Å²) in [6, 6.07) is 0. The Labute approximate surface area is 71.0 Å². The normalized spacial score (nSPS) is 9.58. The zero-order valence-corrected chi connectivity index (χ0v) is 7.38. The highest BCUT2D eigenvalue weighted by atomic mass is 16.1. The van der Waals surface area contributed by atoms with Gasteiger partial charge in [0.2, 0.25) is 0 Å². The molecule has 0 amide bonds. The first kappa shape index (κ1) is 8.64. The molecule has 0 bridgehead atoms. The Kier molecular flexibility index (Phi) is 2.38. The fourth-order valence-electron chi connectivity index (χ4n) is 0.947. The van der Waals surface area contributed by atoms with Gasteiger partial charge in [0, 0.05) is 18.3 Å². The van der Waals surface area contributed by atoms with E-state index in [0.29, 0.717) is 12.1 Å². The van der Waals surface area contributed by atoms with E-state index in [1.54, 1.807) is 7.05 Å². The van der Waals surface area contributed by atoms with Crippen LogP contribution in [-0.4, -0.2) is 23.3 Å². The maximum Gasteiger partial charge on any atom is 0.194 e. The molecule has 0 unspecified atom stereocenters. The van der Waals surface area contributed by atoms with Gasteiger partial charge in [0.05, 0.1) is 0 Å². The molecule has 0 fully saturated rings. The number of carbonyl (C=O) groups excluding carboxylic acids is 1. The number of carbonyl (C=O) groups is 1. The van der Waals surface area contributed by atoms with Crippen molar-refractivity contribution in [1.29, 1.82) is 0 Å². The fourth-order valence-corrected chi connectivity index (χ4v) is 0.947. The fraction of sp³-hybridized carbons (Fsp3) is 0.375. The third kappa shape index (κ3) is 1.42. The van der Waals surface area contributed by atoms with E-state index in [-0.39, 0.29) is 5.82 Å². The molecule has 0 radical (unpaired) electrons. The van der Waals surface area contributed by atoms with Crippen LogP contribution in [0.1, 0.15) is 21.9 Å². The largest absolute Gasteiger partial charge is 0.373 e. The Hall–Kier alpha value is -1.45. The van der Waals surface area contributed by atoms with E-state index in [2.05, 4.69) is 15.3 Å². The summed E-state index contributed by atoms with van der Waals surface area (Å²) in [5.74, 6) is 0.937. The molecule has 4 heteroatoms. The molecular weight excluding hydrogens is 154 g/mol. The Morgan fingerprint density at radius 1 is 1.33 bits per heavy atom. The lowest BCUT2D eigenvalue weighted by atomic mass is 10.2. The molecule has 1 heterocycles. The number of aldehydes is 1. The molecule has 0 aliphatic heterocycles. The van der Waals surface area contributed by atoms with E-state index in [1.165, 1.54) is 0 Å². The van der Waals surface area contributed by atoms with Gasteiger partial charge >= 0.3 is 0 Å². The summed E-state index contributed by atoms with van der Waals surface area (Å²) in [5.41, 5.74) is 1.81. The standard InChI is InChI=1S/C8H11N3O/c1-5-6(2)10-7(4-12)11-8(5)9-3/h4H,1-3H3,(H,9,10,11). The van der Waals surface area contributed by atoms with Crippen LogP contribution in [0.5, 0.6) is 0 Å². The van der Waals surface area contributed by atoms with Crippen molar-refractivity contribution in [3.05, 3.63) is 17.1 Å². The topological polar surface area (TPSA) is 54.9 Å². The van der Waals surface area contributed by atoms with Crippen molar-refractivity contribution >= 4 is 12.1 Å². The van der Waals surface area contributed by atoms with Gasteiger partial charge in [0.1, 0.15) is 5.82 Å². The Morgan fingerprint density at radius 2 is 2.00 bits per heavy atom. The van der Waals surface area contributed by atoms with E-state index < -0.39 is 0 Å². The van der Waals surface area contributed by atoms with Crippen molar-refractivity contribution < 1.29 is 4.79 Å². The summed E-state index contributed by atoms with van der Waals surface area (Å²) < 4.78 is 0. The third-order valence-electron chi connectivity index (χ3n) is 1.75. The van der Waals surface area contributed by atoms with Gasteiger partial charge in [-0.3, -0.25) is 4.79 Å². The first-order valence-electron chi connectivity index (χ1n) is 3.67. The van der Waals surface area contributed by atoms with E-state index in [1.807, 2.05) is 13.8 Å². The Balaban J connectivity index is 3.28. The second kappa shape index (κ2) is 3.30. The van der Waals surface area contributed by atoms with E-state index >= 15 is 0 Å². The van der Waals surface area contributed by atoms with Crippen LogP contribution >= 0.6 is 0 Å². The van der Waals surface area contributed by atoms with E-state index in [0.717, 1.165) is 11.3 Å². The summed E-state index contributed by atoms with van der Waals surface area (Å²) in [5, 5.41) is 2.90. The lowest BCUT2D eigenvalue weighted by Gasteiger charge is -2.06. The highest BCUT2D eigenvalue weighted by Crippen LogP contribution is 2.12. The number of hydrogen-bond acceptors (Lipinski definition) is 4. The lowest BCUT2D eigenvalue weighted by Crippen LogP contribution is -2.04. The van der Waals surface area contributed by atoms with Gasteiger partial charge in [-0.1, -0.05) is 0 Å². The van der Waals surface area contributed by atoms with Gasteiger partial charge < -0.3 is 5.32 Å².